The zero-order valence-electron chi connectivity index (χ0n) is 11.5. The Kier molecular flexibility index (Phi) is 6.74. The van der Waals surface area contributed by atoms with Crippen LogP contribution in [0.2, 0.25) is 0 Å². The van der Waals surface area contributed by atoms with E-state index in [0.717, 1.165) is 0 Å². The lowest BCUT2D eigenvalue weighted by atomic mass is 10.3. The number of methoxy groups -OCH3 is 1. The van der Waals surface area contributed by atoms with E-state index >= 15 is 0 Å². The van der Waals surface area contributed by atoms with Crippen LogP contribution >= 0.6 is 31.9 Å². The van der Waals surface area contributed by atoms with Crippen molar-refractivity contribution >= 4 is 37.8 Å². The molecule has 2 rings (SSSR count). The van der Waals surface area contributed by atoms with Crippen molar-refractivity contribution in [1.29, 1.82) is 5.26 Å². The number of halogens is 2. The van der Waals surface area contributed by atoms with Gasteiger partial charge in [0.25, 0.3) is 0 Å². The lowest BCUT2D eigenvalue weighted by Crippen LogP contribution is -2.01. The van der Waals surface area contributed by atoms with Crippen LogP contribution in [0.3, 0.4) is 0 Å². The monoisotopic (exact) mass is 445 g/mol. The van der Waals surface area contributed by atoms with Gasteiger partial charge in [0, 0.05) is 12.3 Å². The third-order valence-electron chi connectivity index (χ3n) is 2.33. The average molecular weight is 447 g/mol. The fourth-order valence-electron chi connectivity index (χ4n) is 1.31. The summed E-state index contributed by atoms with van der Waals surface area (Å²) in [6.07, 6.45) is 1.25. The van der Waals surface area contributed by atoms with E-state index in [1.54, 1.807) is 12.1 Å². The predicted octanol–water partition coefficient (Wildman–Crippen LogP) is 2.68. The molecule has 8 nitrogen and oxygen atoms in total. The standard InChI is InChI=1S/C7H7NO4.C6H2Br2N2O/c1-12-4-2-3-8-5(6(4)9)7(10)11;7-3-1-5(8)10-4(2-9)6(3)11/h2-3,9H,1H3,(H,10,11);1,11H. The number of pyridine rings is 2. The highest BCUT2D eigenvalue weighted by molar-refractivity contribution is 9.11. The van der Waals surface area contributed by atoms with Gasteiger partial charge in [-0.1, -0.05) is 0 Å². The zero-order chi connectivity index (χ0) is 17.6. The molecule has 2 aromatic heterocycles. The van der Waals surface area contributed by atoms with Gasteiger partial charge in [0.2, 0.25) is 0 Å². The molecule has 0 saturated heterocycles. The first-order chi connectivity index (χ1) is 10.8. The molecule has 2 aromatic rings. The van der Waals surface area contributed by atoms with Crippen LogP contribution in [0.4, 0.5) is 0 Å². The number of nitrogens with zero attached hydrogens (tertiary/aromatic N) is 3. The molecule has 0 atom stereocenters. The van der Waals surface area contributed by atoms with Gasteiger partial charge in [-0.15, -0.1) is 0 Å². The SMILES string of the molecule is COc1ccnc(C(=O)O)c1O.N#Cc1nc(Br)cc(Br)c1O. The minimum atomic E-state index is -1.29. The van der Waals surface area contributed by atoms with Crippen molar-refractivity contribution in [1.82, 2.24) is 9.97 Å². The minimum absolute atomic E-state index is 0.00579. The van der Waals surface area contributed by atoms with Gasteiger partial charge in [0.1, 0.15) is 10.7 Å². The fourth-order valence-corrected chi connectivity index (χ4v) is 2.43. The normalized spacial score (nSPS) is 9.30. The van der Waals surface area contributed by atoms with Crippen molar-refractivity contribution in [2.75, 3.05) is 7.11 Å². The third kappa shape index (κ3) is 4.80. The van der Waals surface area contributed by atoms with Gasteiger partial charge in [0.15, 0.2) is 28.6 Å². The van der Waals surface area contributed by atoms with E-state index in [-0.39, 0.29) is 17.2 Å². The first-order valence-electron chi connectivity index (χ1n) is 5.72. The molecule has 0 aliphatic heterocycles. The second-order valence-corrected chi connectivity index (χ2v) is 5.42. The molecule has 23 heavy (non-hydrogen) atoms. The summed E-state index contributed by atoms with van der Waals surface area (Å²) in [5.74, 6) is -1.77. The van der Waals surface area contributed by atoms with Gasteiger partial charge in [0.05, 0.1) is 11.6 Å². The Morgan fingerprint density at radius 2 is 2.00 bits per heavy atom. The van der Waals surface area contributed by atoms with Crippen LogP contribution in [0.15, 0.2) is 27.4 Å². The molecule has 0 aliphatic carbocycles. The topological polar surface area (TPSA) is 137 Å². The average Bonchev–Trinajstić information content (AvgIpc) is 2.51. The highest BCUT2D eigenvalue weighted by Crippen LogP contribution is 2.28. The maximum Gasteiger partial charge on any atom is 0.358 e. The lowest BCUT2D eigenvalue weighted by molar-refractivity contribution is 0.0686. The number of nitriles is 1. The Morgan fingerprint density at radius 1 is 1.35 bits per heavy atom. The quantitative estimate of drug-likeness (QED) is 0.598. The van der Waals surface area contributed by atoms with Crippen LogP contribution in [0.1, 0.15) is 16.2 Å². The fraction of sp³-hybridized carbons (Fsp3) is 0.0769. The molecule has 120 valence electrons. The lowest BCUT2D eigenvalue weighted by Gasteiger charge is -2.03. The van der Waals surface area contributed by atoms with Gasteiger partial charge in [-0.05, 0) is 37.9 Å². The van der Waals surface area contributed by atoms with Gasteiger partial charge in [-0.3, -0.25) is 0 Å². The Balaban J connectivity index is 0.000000231. The number of ether oxygens (including phenoxy) is 1. The molecule has 3 N–H and O–H groups in total. The summed E-state index contributed by atoms with van der Waals surface area (Å²) in [6.45, 7) is 0. The molecule has 10 heteroatoms. The van der Waals surface area contributed by atoms with Crippen LogP contribution in [0.25, 0.3) is 0 Å². The molecule has 0 amide bonds. The van der Waals surface area contributed by atoms with E-state index in [9.17, 15) is 9.90 Å². The first kappa shape index (κ1) is 18.7. The van der Waals surface area contributed by atoms with Crippen molar-refractivity contribution in [2.24, 2.45) is 0 Å². The number of aromatic nitrogens is 2. The maximum absolute atomic E-state index is 10.4. The Labute approximate surface area is 147 Å². The van der Waals surface area contributed by atoms with E-state index < -0.39 is 17.4 Å². The smallest absolute Gasteiger partial charge is 0.358 e. The van der Waals surface area contributed by atoms with Crippen molar-refractivity contribution in [3.05, 3.63) is 38.8 Å². The summed E-state index contributed by atoms with van der Waals surface area (Å²) in [5, 5.41) is 35.3. The van der Waals surface area contributed by atoms with E-state index in [1.807, 2.05) is 0 Å². The summed E-state index contributed by atoms with van der Waals surface area (Å²) in [6, 6.07) is 4.70. The molecular weight excluding hydrogens is 438 g/mol. The number of carbonyl (C=O) groups is 1. The molecule has 0 bridgehead atoms. The van der Waals surface area contributed by atoms with Gasteiger partial charge in [-0.25, -0.2) is 14.8 Å². The highest BCUT2D eigenvalue weighted by Gasteiger charge is 2.14. The Hall–Kier alpha value is -2.38. The van der Waals surface area contributed by atoms with Crippen molar-refractivity contribution in [3.8, 4) is 23.3 Å². The molecule has 0 radical (unpaired) electrons. The molecule has 0 unspecified atom stereocenters. The molecule has 0 aliphatic rings. The van der Waals surface area contributed by atoms with Crippen LogP contribution in [0, 0.1) is 11.3 Å². The number of hydrogen-bond donors (Lipinski definition) is 3. The summed E-state index contributed by atoms with van der Waals surface area (Å²) < 4.78 is 5.65. The highest BCUT2D eigenvalue weighted by atomic mass is 79.9. The number of aromatic hydroxyl groups is 2. The van der Waals surface area contributed by atoms with Crippen molar-refractivity contribution in [2.45, 2.75) is 0 Å². The molecular formula is C13H9Br2N3O5. The minimum Gasteiger partial charge on any atom is -0.504 e. The third-order valence-corrected chi connectivity index (χ3v) is 3.34. The summed E-state index contributed by atoms with van der Waals surface area (Å²) in [7, 11) is 1.33. The summed E-state index contributed by atoms with van der Waals surface area (Å²) in [4.78, 5) is 17.6. The number of aromatic carboxylic acids is 1. The second kappa shape index (κ2) is 8.30. The zero-order valence-corrected chi connectivity index (χ0v) is 14.7. The Bertz CT molecular complexity index is 777. The number of rotatable bonds is 2. The van der Waals surface area contributed by atoms with E-state index in [0.29, 0.717) is 9.08 Å². The second-order valence-electron chi connectivity index (χ2n) is 3.75. The molecule has 0 spiro atoms. The van der Waals surface area contributed by atoms with E-state index in [1.165, 1.54) is 19.4 Å². The van der Waals surface area contributed by atoms with Crippen LogP contribution in [-0.2, 0) is 0 Å². The maximum atomic E-state index is 10.4. The van der Waals surface area contributed by atoms with Gasteiger partial charge >= 0.3 is 5.97 Å². The van der Waals surface area contributed by atoms with E-state index in [4.69, 9.17) is 15.5 Å². The number of carboxylic acids is 1. The van der Waals surface area contributed by atoms with Crippen LogP contribution < -0.4 is 4.74 Å². The first-order valence-corrected chi connectivity index (χ1v) is 7.30. The van der Waals surface area contributed by atoms with Gasteiger partial charge in [-0.2, -0.15) is 5.26 Å². The van der Waals surface area contributed by atoms with E-state index in [2.05, 4.69) is 46.6 Å². The van der Waals surface area contributed by atoms with Crippen molar-refractivity contribution < 1.29 is 24.9 Å². The Morgan fingerprint density at radius 3 is 2.52 bits per heavy atom. The van der Waals surface area contributed by atoms with Gasteiger partial charge < -0.3 is 20.1 Å². The van der Waals surface area contributed by atoms with Crippen LogP contribution in [0.5, 0.6) is 17.2 Å². The predicted molar refractivity (Wildman–Crippen MR) is 85.4 cm³/mol. The molecule has 0 fully saturated rings. The summed E-state index contributed by atoms with van der Waals surface area (Å²) >= 11 is 6.15. The molecule has 2 heterocycles. The molecule has 0 saturated carbocycles. The number of hydrogen-bond acceptors (Lipinski definition) is 7. The van der Waals surface area contributed by atoms with Crippen molar-refractivity contribution in [3.63, 3.8) is 0 Å². The molecule has 0 aromatic carbocycles. The number of carboxylic acid groups (broad SMARTS) is 1. The van der Waals surface area contributed by atoms with Crippen LogP contribution in [-0.4, -0.2) is 38.4 Å². The summed E-state index contributed by atoms with van der Waals surface area (Å²) in [5.41, 5.74) is -0.402. The largest absolute Gasteiger partial charge is 0.504 e.